The van der Waals surface area contributed by atoms with Crippen LogP contribution in [0.5, 0.6) is 0 Å². The standard InChI is InChI=1S/C12H19N3O3/c1-12(2,3)9-5-10(15-18-9)14-11(17)8-4-7(16)6-13-8/h5,7-8,13,16H,4,6H2,1-3H3,(H,14,15,17)/t7-,8+/m1/s1. The molecule has 0 radical (unpaired) electrons. The van der Waals surface area contributed by atoms with Crippen LogP contribution < -0.4 is 10.6 Å². The number of carbonyl (C=O) groups is 1. The Morgan fingerprint density at radius 3 is 2.83 bits per heavy atom. The maximum Gasteiger partial charge on any atom is 0.242 e. The molecule has 1 saturated heterocycles. The van der Waals surface area contributed by atoms with Crippen molar-refractivity contribution in [3.05, 3.63) is 11.8 Å². The van der Waals surface area contributed by atoms with Crippen molar-refractivity contribution in [3.8, 4) is 0 Å². The van der Waals surface area contributed by atoms with E-state index in [-0.39, 0.29) is 17.4 Å². The van der Waals surface area contributed by atoms with E-state index in [1.165, 1.54) is 0 Å². The Morgan fingerprint density at radius 2 is 2.33 bits per heavy atom. The lowest BCUT2D eigenvalue weighted by molar-refractivity contribution is -0.118. The number of aliphatic hydroxyl groups is 1. The van der Waals surface area contributed by atoms with Gasteiger partial charge < -0.3 is 20.3 Å². The van der Waals surface area contributed by atoms with Crippen LogP contribution in [-0.4, -0.2) is 34.9 Å². The van der Waals surface area contributed by atoms with Gasteiger partial charge in [0.05, 0.1) is 12.1 Å². The van der Waals surface area contributed by atoms with Gasteiger partial charge in [-0.05, 0) is 6.42 Å². The third-order valence-electron chi connectivity index (χ3n) is 2.92. The van der Waals surface area contributed by atoms with Gasteiger partial charge in [0.1, 0.15) is 5.76 Å². The van der Waals surface area contributed by atoms with E-state index in [4.69, 9.17) is 4.52 Å². The molecule has 6 nitrogen and oxygen atoms in total. The summed E-state index contributed by atoms with van der Waals surface area (Å²) in [5.74, 6) is 0.936. The molecule has 0 unspecified atom stereocenters. The van der Waals surface area contributed by atoms with Crippen molar-refractivity contribution in [1.29, 1.82) is 0 Å². The Balaban J connectivity index is 1.97. The molecule has 2 atom stereocenters. The molecule has 2 rings (SSSR count). The first-order valence-electron chi connectivity index (χ1n) is 6.06. The van der Waals surface area contributed by atoms with E-state index in [0.717, 1.165) is 5.76 Å². The van der Waals surface area contributed by atoms with Gasteiger partial charge in [-0.3, -0.25) is 4.79 Å². The minimum absolute atomic E-state index is 0.141. The van der Waals surface area contributed by atoms with Gasteiger partial charge in [-0.2, -0.15) is 0 Å². The fourth-order valence-corrected chi connectivity index (χ4v) is 1.82. The lowest BCUT2D eigenvalue weighted by Gasteiger charge is -2.12. The highest BCUT2D eigenvalue weighted by Gasteiger charge is 2.29. The van der Waals surface area contributed by atoms with Gasteiger partial charge in [0.2, 0.25) is 5.91 Å². The minimum Gasteiger partial charge on any atom is -0.392 e. The van der Waals surface area contributed by atoms with Crippen molar-refractivity contribution in [2.75, 3.05) is 11.9 Å². The molecule has 100 valence electrons. The van der Waals surface area contributed by atoms with Crippen molar-refractivity contribution < 1.29 is 14.4 Å². The molecular weight excluding hydrogens is 234 g/mol. The first-order valence-corrected chi connectivity index (χ1v) is 6.06. The topological polar surface area (TPSA) is 87.4 Å². The summed E-state index contributed by atoms with van der Waals surface area (Å²) in [5.41, 5.74) is -0.141. The summed E-state index contributed by atoms with van der Waals surface area (Å²) in [7, 11) is 0. The second-order valence-corrected chi connectivity index (χ2v) is 5.67. The average Bonchev–Trinajstić information content (AvgIpc) is 2.85. The quantitative estimate of drug-likeness (QED) is 0.719. The summed E-state index contributed by atoms with van der Waals surface area (Å²) < 4.78 is 5.18. The number of hydrogen-bond donors (Lipinski definition) is 3. The number of carbonyl (C=O) groups excluding carboxylic acids is 1. The van der Waals surface area contributed by atoms with Crippen molar-refractivity contribution in [2.45, 2.75) is 44.8 Å². The summed E-state index contributed by atoms with van der Waals surface area (Å²) in [6.07, 6.45) is -0.0290. The molecule has 1 aliphatic heterocycles. The molecule has 1 fully saturated rings. The number of β-amino-alcohol motifs (C(OH)–C–C–N with tert-alkyl or cyclic N) is 1. The van der Waals surface area contributed by atoms with E-state index in [0.29, 0.717) is 18.8 Å². The van der Waals surface area contributed by atoms with Crippen LogP contribution in [-0.2, 0) is 10.2 Å². The summed E-state index contributed by atoms with van der Waals surface area (Å²) in [6, 6.07) is 1.36. The van der Waals surface area contributed by atoms with Crippen molar-refractivity contribution in [3.63, 3.8) is 0 Å². The van der Waals surface area contributed by atoms with E-state index in [2.05, 4.69) is 15.8 Å². The highest BCUT2D eigenvalue weighted by Crippen LogP contribution is 2.24. The Bertz CT molecular complexity index is 436. The number of anilines is 1. The van der Waals surface area contributed by atoms with Gasteiger partial charge >= 0.3 is 0 Å². The normalized spacial score (nSPS) is 24.2. The zero-order valence-electron chi connectivity index (χ0n) is 10.9. The summed E-state index contributed by atoms with van der Waals surface area (Å²) in [6.45, 7) is 6.47. The Labute approximate surface area is 106 Å². The molecule has 0 aromatic carbocycles. The second-order valence-electron chi connectivity index (χ2n) is 5.67. The molecule has 0 spiro atoms. The molecular formula is C12H19N3O3. The smallest absolute Gasteiger partial charge is 0.242 e. The molecule has 6 heteroatoms. The van der Waals surface area contributed by atoms with Gasteiger partial charge in [0.15, 0.2) is 5.82 Å². The van der Waals surface area contributed by atoms with Crippen LogP contribution in [0, 0.1) is 0 Å². The number of aromatic nitrogens is 1. The van der Waals surface area contributed by atoms with E-state index in [1.807, 2.05) is 20.8 Å². The van der Waals surface area contributed by atoms with E-state index >= 15 is 0 Å². The summed E-state index contributed by atoms with van der Waals surface area (Å²) in [5, 5.41) is 18.8. The molecule has 0 saturated carbocycles. The lowest BCUT2D eigenvalue weighted by atomic mass is 9.93. The first-order chi connectivity index (χ1) is 8.36. The molecule has 1 aromatic heterocycles. The molecule has 1 aromatic rings. The maximum absolute atomic E-state index is 11.9. The third kappa shape index (κ3) is 2.88. The van der Waals surface area contributed by atoms with Gasteiger partial charge in [-0.15, -0.1) is 0 Å². The average molecular weight is 253 g/mol. The molecule has 3 N–H and O–H groups in total. The van der Waals surface area contributed by atoms with Crippen LogP contribution in [0.25, 0.3) is 0 Å². The zero-order valence-corrected chi connectivity index (χ0v) is 10.9. The summed E-state index contributed by atoms with van der Waals surface area (Å²) in [4.78, 5) is 11.9. The summed E-state index contributed by atoms with van der Waals surface area (Å²) >= 11 is 0. The highest BCUT2D eigenvalue weighted by molar-refractivity contribution is 5.94. The first kappa shape index (κ1) is 13.0. The van der Waals surface area contributed by atoms with Crippen molar-refractivity contribution in [1.82, 2.24) is 10.5 Å². The third-order valence-corrected chi connectivity index (χ3v) is 2.92. The number of rotatable bonds is 2. The fourth-order valence-electron chi connectivity index (χ4n) is 1.82. The maximum atomic E-state index is 11.9. The molecule has 2 heterocycles. The Hall–Kier alpha value is -1.40. The van der Waals surface area contributed by atoms with Crippen LogP contribution >= 0.6 is 0 Å². The van der Waals surface area contributed by atoms with Gasteiger partial charge in [-0.25, -0.2) is 0 Å². The second kappa shape index (κ2) is 4.70. The molecule has 0 aliphatic carbocycles. The van der Waals surface area contributed by atoms with Gasteiger partial charge in [-0.1, -0.05) is 25.9 Å². The molecule has 1 amide bonds. The predicted molar refractivity (Wildman–Crippen MR) is 66.2 cm³/mol. The number of nitrogens with zero attached hydrogens (tertiary/aromatic N) is 1. The zero-order chi connectivity index (χ0) is 13.3. The van der Waals surface area contributed by atoms with Crippen LogP contribution in [0.3, 0.4) is 0 Å². The fraction of sp³-hybridized carbons (Fsp3) is 0.667. The molecule has 0 bridgehead atoms. The minimum atomic E-state index is -0.455. The van der Waals surface area contributed by atoms with Gasteiger partial charge in [0, 0.05) is 18.0 Å². The largest absolute Gasteiger partial charge is 0.392 e. The molecule has 18 heavy (non-hydrogen) atoms. The van der Waals surface area contributed by atoms with Crippen LogP contribution in [0.1, 0.15) is 33.0 Å². The Morgan fingerprint density at radius 1 is 1.61 bits per heavy atom. The van der Waals surface area contributed by atoms with E-state index < -0.39 is 6.10 Å². The van der Waals surface area contributed by atoms with E-state index in [9.17, 15) is 9.90 Å². The number of amides is 1. The monoisotopic (exact) mass is 253 g/mol. The van der Waals surface area contributed by atoms with Gasteiger partial charge in [0.25, 0.3) is 0 Å². The number of aliphatic hydroxyl groups excluding tert-OH is 1. The van der Waals surface area contributed by atoms with E-state index in [1.54, 1.807) is 6.07 Å². The van der Waals surface area contributed by atoms with Crippen molar-refractivity contribution in [2.24, 2.45) is 0 Å². The van der Waals surface area contributed by atoms with Crippen LogP contribution in [0.15, 0.2) is 10.6 Å². The Kier molecular flexibility index (Phi) is 3.41. The number of hydrogen-bond acceptors (Lipinski definition) is 5. The van der Waals surface area contributed by atoms with Crippen LogP contribution in [0.2, 0.25) is 0 Å². The van der Waals surface area contributed by atoms with Crippen LogP contribution in [0.4, 0.5) is 5.82 Å². The lowest BCUT2D eigenvalue weighted by Crippen LogP contribution is -2.35. The van der Waals surface area contributed by atoms with Crippen molar-refractivity contribution >= 4 is 11.7 Å². The highest BCUT2D eigenvalue weighted by atomic mass is 16.5. The predicted octanol–water partition coefficient (Wildman–Crippen LogP) is 0.633. The number of nitrogens with one attached hydrogen (secondary N) is 2. The SMILES string of the molecule is CC(C)(C)c1cc(NC(=O)[C@@H]2C[C@@H](O)CN2)no1. The molecule has 1 aliphatic rings.